The molecule has 2 atom stereocenters. The molecule has 0 amide bonds. The fourth-order valence-electron chi connectivity index (χ4n) is 1.80. The molecule has 1 rings (SSSR count). The van der Waals surface area contributed by atoms with Gasteiger partial charge in [-0.1, -0.05) is 43.6 Å². The summed E-state index contributed by atoms with van der Waals surface area (Å²) in [7, 11) is 0. The van der Waals surface area contributed by atoms with Crippen LogP contribution in [0.15, 0.2) is 22.7 Å². The van der Waals surface area contributed by atoms with Crippen molar-refractivity contribution in [2.24, 2.45) is 11.3 Å². The molecule has 0 saturated heterocycles. The van der Waals surface area contributed by atoms with Crippen LogP contribution in [-0.2, 0) is 6.42 Å². The number of hydrogen-bond donors (Lipinski definition) is 1. The molecule has 0 aromatic heterocycles. The van der Waals surface area contributed by atoms with Crippen molar-refractivity contribution in [2.45, 2.75) is 46.6 Å². The van der Waals surface area contributed by atoms with Gasteiger partial charge < -0.3 is 5.11 Å². The Kier molecular flexibility index (Phi) is 5.35. The highest BCUT2D eigenvalue weighted by molar-refractivity contribution is 9.10. The summed E-state index contributed by atoms with van der Waals surface area (Å²) in [5.74, 6) is 0.157. The summed E-state index contributed by atoms with van der Waals surface area (Å²) in [6.07, 6.45) is 0.780. The number of benzene rings is 1. The Balaban J connectivity index is 2.65. The summed E-state index contributed by atoms with van der Waals surface area (Å²) in [4.78, 5) is 0. The third-order valence-electron chi connectivity index (χ3n) is 3.57. The van der Waals surface area contributed by atoms with Crippen molar-refractivity contribution in [3.05, 3.63) is 34.1 Å². The number of hydrogen-bond acceptors (Lipinski definition) is 1. The van der Waals surface area contributed by atoms with Crippen LogP contribution in [-0.4, -0.2) is 11.2 Å². The summed E-state index contributed by atoms with van der Waals surface area (Å²) in [5, 5.41) is 10.1. The molecule has 0 saturated carbocycles. The molecule has 1 nitrogen and oxygen atoms in total. The van der Waals surface area contributed by atoms with E-state index < -0.39 is 6.10 Å². The van der Waals surface area contributed by atoms with Gasteiger partial charge in [-0.05, 0) is 47.9 Å². The van der Waals surface area contributed by atoms with E-state index in [2.05, 4.69) is 43.6 Å². The van der Waals surface area contributed by atoms with E-state index >= 15 is 0 Å². The predicted molar refractivity (Wildman–Crippen MR) is 77.0 cm³/mol. The fourth-order valence-corrected chi connectivity index (χ4v) is 2.21. The molecule has 0 fully saturated rings. The van der Waals surface area contributed by atoms with E-state index in [1.807, 2.05) is 0 Å². The SMILES string of the molecule is CC(CC(O)Cc1cc(F)ccc1Br)C(C)(C)C. The van der Waals surface area contributed by atoms with Crippen molar-refractivity contribution < 1.29 is 9.50 Å². The van der Waals surface area contributed by atoms with Crippen molar-refractivity contribution >= 4 is 15.9 Å². The molecule has 1 aromatic carbocycles. The maximum atomic E-state index is 13.1. The van der Waals surface area contributed by atoms with E-state index in [0.29, 0.717) is 12.3 Å². The second-order valence-electron chi connectivity index (χ2n) is 6.10. The van der Waals surface area contributed by atoms with Crippen LogP contribution in [0.5, 0.6) is 0 Å². The van der Waals surface area contributed by atoms with Gasteiger partial charge in [0.15, 0.2) is 0 Å². The highest BCUT2D eigenvalue weighted by Crippen LogP contribution is 2.30. The molecule has 3 heteroatoms. The van der Waals surface area contributed by atoms with Gasteiger partial charge >= 0.3 is 0 Å². The van der Waals surface area contributed by atoms with Crippen LogP contribution in [0.25, 0.3) is 0 Å². The Morgan fingerprint density at radius 3 is 2.50 bits per heavy atom. The average molecular weight is 317 g/mol. The second kappa shape index (κ2) is 6.16. The second-order valence-corrected chi connectivity index (χ2v) is 6.95. The molecule has 0 bridgehead atoms. The zero-order valence-corrected chi connectivity index (χ0v) is 13.1. The van der Waals surface area contributed by atoms with Gasteiger partial charge in [-0.3, -0.25) is 0 Å². The standard InChI is InChI=1S/C15H22BrFO/c1-10(15(2,3)4)7-13(18)9-11-8-12(17)5-6-14(11)16/h5-6,8,10,13,18H,7,9H2,1-4H3. The fraction of sp³-hybridized carbons (Fsp3) is 0.600. The lowest BCUT2D eigenvalue weighted by atomic mass is 9.78. The van der Waals surface area contributed by atoms with Crippen LogP contribution < -0.4 is 0 Å². The molecule has 0 spiro atoms. The topological polar surface area (TPSA) is 20.2 Å². The number of rotatable bonds is 4. The largest absolute Gasteiger partial charge is 0.393 e. The van der Waals surface area contributed by atoms with Crippen molar-refractivity contribution in [1.82, 2.24) is 0 Å². The van der Waals surface area contributed by atoms with Crippen LogP contribution >= 0.6 is 15.9 Å². The third kappa shape index (κ3) is 4.69. The molecule has 0 aliphatic carbocycles. The molecule has 0 aliphatic heterocycles. The van der Waals surface area contributed by atoms with Crippen LogP contribution in [0, 0.1) is 17.2 Å². The lowest BCUT2D eigenvalue weighted by molar-refractivity contribution is 0.110. The Labute approximate surface area is 118 Å². The van der Waals surface area contributed by atoms with Gasteiger partial charge in [-0.25, -0.2) is 4.39 Å². The van der Waals surface area contributed by atoms with Gasteiger partial charge in [0, 0.05) is 4.47 Å². The van der Waals surface area contributed by atoms with Crippen LogP contribution in [0.1, 0.15) is 39.7 Å². The summed E-state index contributed by atoms with van der Waals surface area (Å²) in [5.41, 5.74) is 1.00. The Morgan fingerprint density at radius 1 is 1.33 bits per heavy atom. The van der Waals surface area contributed by atoms with Gasteiger partial charge in [0.05, 0.1) is 6.10 Å². The van der Waals surface area contributed by atoms with E-state index in [9.17, 15) is 9.50 Å². The highest BCUT2D eigenvalue weighted by atomic mass is 79.9. The lowest BCUT2D eigenvalue weighted by Gasteiger charge is -2.29. The van der Waals surface area contributed by atoms with Crippen molar-refractivity contribution in [1.29, 1.82) is 0 Å². The average Bonchev–Trinajstić information content (AvgIpc) is 2.22. The maximum absolute atomic E-state index is 13.1. The van der Waals surface area contributed by atoms with Crippen molar-refractivity contribution in [3.63, 3.8) is 0 Å². The summed E-state index contributed by atoms with van der Waals surface area (Å²) >= 11 is 3.39. The third-order valence-corrected chi connectivity index (χ3v) is 4.34. The van der Waals surface area contributed by atoms with E-state index in [-0.39, 0.29) is 11.2 Å². The Bertz CT molecular complexity index is 398. The first-order chi connectivity index (χ1) is 8.20. The first-order valence-corrected chi connectivity index (χ1v) is 7.11. The molecular weight excluding hydrogens is 295 g/mol. The van der Waals surface area contributed by atoms with Crippen molar-refractivity contribution in [2.75, 3.05) is 0 Å². The van der Waals surface area contributed by atoms with Gasteiger partial charge in [0.2, 0.25) is 0 Å². The van der Waals surface area contributed by atoms with Crippen LogP contribution in [0.4, 0.5) is 4.39 Å². The van der Waals surface area contributed by atoms with E-state index in [0.717, 1.165) is 16.5 Å². The molecule has 0 heterocycles. The van der Waals surface area contributed by atoms with Gasteiger partial charge in [-0.2, -0.15) is 0 Å². The normalized spacial score (nSPS) is 15.5. The molecule has 1 N–H and O–H groups in total. The van der Waals surface area contributed by atoms with Gasteiger partial charge in [0.25, 0.3) is 0 Å². The highest BCUT2D eigenvalue weighted by Gasteiger charge is 2.23. The van der Waals surface area contributed by atoms with Crippen LogP contribution in [0.2, 0.25) is 0 Å². The van der Waals surface area contributed by atoms with Crippen molar-refractivity contribution in [3.8, 4) is 0 Å². The molecule has 18 heavy (non-hydrogen) atoms. The minimum atomic E-state index is -0.433. The van der Waals surface area contributed by atoms with Gasteiger partial charge in [0.1, 0.15) is 5.82 Å². The molecule has 102 valence electrons. The molecule has 1 aromatic rings. The summed E-state index contributed by atoms with van der Waals surface area (Å²) in [6.45, 7) is 8.65. The Morgan fingerprint density at radius 2 is 1.94 bits per heavy atom. The van der Waals surface area contributed by atoms with E-state index in [1.165, 1.54) is 12.1 Å². The molecular formula is C15H22BrFO. The number of halogens is 2. The maximum Gasteiger partial charge on any atom is 0.123 e. The minimum absolute atomic E-state index is 0.181. The molecule has 0 radical (unpaired) electrons. The lowest BCUT2D eigenvalue weighted by Crippen LogP contribution is -2.24. The van der Waals surface area contributed by atoms with Crippen LogP contribution in [0.3, 0.4) is 0 Å². The number of aliphatic hydroxyl groups is 1. The molecule has 2 unspecified atom stereocenters. The summed E-state index contributed by atoms with van der Waals surface area (Å²) < 4.78 is 14.0. The smallest absolute Gasteiger partial charge is 0.123 e. The molecule has 0 aliphatic rings. The predicted octanol–water partition coefficient (Wildman–Crippen LogP) is 4.56. The number of aliphatic hydroxyl groups excluding tert-OH is 1. The van der Waals surface area contributed by atoms with E-state index in [4.69, 9.17) is 0 Å². The first-order valence-electron chi connectivity index (χ1n) is 6.32. The van der Waals surface area contributed by atoms with E-state index in [1.54, 1.807) is 6.07 Å². The zero-order chi connectivity index (χ0) is 13.9. The zero-order valence-electron chi connectivity index (χ0n) is 11.5. The summed E-state index contributed by atoms with van der Waals surface area (Å²) in [6, 6.07) is 4.58. The minimum Gasteiger partial charge on any atom is -0.393 e. The van der Waals surface area contributed by atoms with Gasteiger partial charge in [-0.15, -0.1) is 0 Å². The first kappa shape index (κ1) is 15.6. The quantitative estimate of drug-likeness (QED) is 0.863. The Hall–Kier alpha value is -0.410. The monoisotopic (exact) mass is 316 g/mol.